The van der Waals surface area contributed by atoms with Gasteiger partial charge in [-0.15, -0.1) is 5.10 Å². The average molecular weight is 270 g/mol. The smallest absolute Gasteiger partial charge is 0.199 e. The number of anilines is 1. The topological polar surface area (TPSA) is 77.2 Å². The van der Waals surface area contributed by atoms with E-state index in [1.807, 2.05) is 31.2 Å². The number of hydrogen-bond donors (Lipinski definition) is 1. The van der Waals surface area contributed by atoms with Gasteiger partial charge in [-0.25, -0.2) is 0 Å². The van der Waals surface area contributed by atoms with Crippen molar-refractivity contribution in [1.82, 2.24) is 25.0 Å². The fourth-order valence-electron chi connectivity index (χ4n) is 1.90. The van der Waals surface area contributed by atoms with Crippen molar-refractivity contribution in [2.24, 2.45) is 0 Å². The Morgan fingerprint density at radius 1 is 1.30 bits per heavy atom. The summed E-state index contributed by atoms with van der Waals surface area (Å²) in [6.07, 6.45) is 3.30. The van der Waals surface area contributed by atoms with E-state index >= 15 is 0 Å². The predicted octanol–water partition coefficient (Wildman–Crippen LogP) is 1.53. The summed E-state index contributed by atoms with van der Waals surface area (Å²) in [5.74, 6) is 1.61. The molecule has 0 saturated carbocycles. The molecule has 0 bridgehead atoms. The molecule has 0 unspecified atom stereocenters. The molecule has 3 rings (SSSR count). The lowest BCUT2D eigenvalue weighted by Gasteiger charge is -2.08. The number of rotatable bonds is 5. The molecule has 0 fully saturated rings. The molecule has 7 heteroatoms. The third-order valence-corrected chi connectivity index (χ3v) is 2.79. The van der Waals surface area contributed by atoms with E-state index < -0.39 is 0 Å². The van der Waals surface area contributed by atoms with Crippen molar-refractivity contribution in [3.8, 4) is 5.75 Å². The Morgan fingerprint density at radius 3 is 3.15 bits per heavy atom. The van der Waals surface area contributed by atoms with E-state index in [-0.39, 0.29) is 0 Å². The van der Waals surface area contributed by atoms with Crippen LogP contribution in [-0.4, -0.2) is 31.6 Å². The van der Waals surface area contributed by atoms with Gasteiger partial charge in [0.15, 0.2) is 11.5 Å². The molecular formula is C13H14N6O. The predicted molar refractivity (Wildman–Crippen MR) is 73.5 cm³/mol. The van der Waals surface area contributed by atoms with Gasteiger partial charge in [-0.3, -0.25) is 4.98 Å². The standard InChI is InChI=1S/C13H14N6O/c1-2-20-11-5-3-4-10(6-11)7-15-12-8-14-9-13-16-17-18-19(12)13/h3-6,8-9,15H,2,7H2,1H3. The fourth-order valence-corrected chi connectivity index (χ4v) is 1.90. The Kier molecular flexibility index (Phi) is 3.40. The van der Waals surface area contributed by atoms with Crippen molar-refractivity contribution in [2.75, 3.05) is 11.9 Å². The number of nitrogens with zero attached hydrogens (tertiary/aromatic N) is 5. The van der Waals surface area contributed by atoms with E-state index in [0.29, 0.717) is 18.8 Å². The summed E-state index contributed by atoms with van der Waals surface area (Å²) in [5.41, 5.74) is 1.72. The Bertz CT molecular complexity index is 711. The molecule has 0 amide bonds. The zero-order valence-corrected chi connectivity index (χ0v) is 11.0. The molecular weight excluding hydrogens is 256 g/mol. The monoisotopic (exact) mass is 270 g/mol. The normalized spacial score (nSPS) is 10.7. The van der Waals surface area contributed by atoms with Gasteiger partial charge in [0.05, 0.1) is 19.0 Å². The largest absolute Gasteiger partial charge is 0.494 e. The SMILES string of the molecule is CCOc1cccc(CNc2cncc3nnnn23)c1. The van der Waals surface area contributed by atoms with Crippen LogP contribution in [0.4, 0.5) is 5.82 Å². The fraction of sp³-hybridized carbons (Fsp3) is 0.231. The lowest BCUT2D eigenvalue weighted by Crippen LogP contribution is -2.06. The van der Waals surface area contributed by atoms with Gasteiger partial charge in [0.25, 0.3) is 0 Å². The first-order valence-electron chi connectivity index (χ1n) is 6.34. The van der Waals surface area contributed by atoms with Crippen molar-refractivity contribution in [1.29, 1.82) is 0 Å². The van der Waals surface area contributed by atoms with Gasteiger partial charge in [0.2, 0.25) is 0 Å². The summed E-state index contributed by atoms with van der Waals surface area (Å²) in [6.45, 7) is 3.27. The zero-order chi connectivity index (χ0) is 13.8. The van der Waals surface area contributed by atoms with Crippen LogP contribution in [0.3, 0.4) is 0 Å². The van der Waals surface area contributed by atoms with E-state index in [1.165, 1.54) is 0 Å². The van der Waals surface area contributed by atoms with Crippen LogP contribution in [0.25, 0.3) is 5.65 Å². The van der Waals surface area contributed by atoms with Gasteiger partial charge in [0, 0.05) is 6.54 Å². The van der Waals surface area contributed by atoms with Gasteiger partial charge in [-0.2, -0.15) is 4.52 Å². The van der Waals surface area contributed by atoms with Gasteiger partial charge in [-0.1, -0.05) is 12.1 Å². The van der Waals surface area contributed by atoms with Crippen molar-refractivity contribution in [3.05, 3.63) is 42.2 Å². The summed E-state index contributed by atoms with van der Waals surface area (Å²) in [6, 6.07) is 7.95. The lowest BCUT2D eigenvalue weighted by atomic mass is 10.2. The van der Waals surface area contributed by atoms with E-state index in [9.17, 15) is 0 Å². The molecule has 2 heterocycles. The van der Waals surface area contributed by atoms with E-state index in [2.05, 4.69) is 25.8 Å². The van der Waals surface area contributed by atoms with Crippen LogP contribution in [0.15, 0.2) is 36.7 Å². The number of nitrogens with one attached hydrogen (secondary N) is 1. The lowest BCUT2D eigenvalue weighted by molar-refractivity contribution is 0.340. The van der Waals surface area contributed by atoms with E-state index in [1.54, 1.807) is 16.9 Å². The molecule has 3 aromatic rings. The summed E-state index contributed by atoms with van der Waals surface area (Å²) in [7, 11) is 0. The van der Waals surface area contributed by atoms with Crippen molar-refractivity contribution in [2.45, 2.75) is 13.5 Å². The summed E-state index contributed by atoms with van der Waals surface area (Å²) >= 11 is 0. The van der Waals surface area contributed by atoms with Crippen molar-refractivity contribution >= 4 is 11.5 Å². The van der Waals surface area contributed by atoms with Gasteiger partial charge in [-0.05, 0) is 35.0 Å². The molecule has 102 valence electrons. The number of fused-ring (bicyclic) bond motifs is 1. The highest BCUT2D eigenvalue weighted by Crippen LogP contribution is 2.15. The first kappa shape index (κ1) is 12.3. The van der Waals surface area contributed by atoms with Crippen LogP contribution in [0, 0.1) is 0 Å². The van der Waals surface area contributed by atoms with Gasteiger partial charge in [0.1, 0.15) is 5.75 Å². The minimum atomic E-state index is 0.609. The molecule has 1 aromatic carbocycles. The number of ether oxygens (including phenoxy) is 1. The molecule has 0 saturated heterocycles. The number of tetrazole rings is 1. The molecule has 0 radical (unpaired) electrons. The van der Waals surface area contributed by atoms with E-state index in [0.717, 1.165) is 17.1 Å². The number of benzene rings is 1. The molecule has 0 aliphatic rings. The number of hydrogen-bond acceptors (Lipinski definition) is 6. The highest BCUT2D eigenvalue weighted by atomic mass is 16.5. The molecule has 0 aliphatic carbocycles. The van der Waals surface area contributed by atoms with Crippen LogP contribution in [0.1, 0.15) is 12.5 Å². The van der Waals surface area contributed by atoms with Crippen LogP contribution in [-0.2, 0) is 6.54 Å². The maximum Gasteiger partial charge on any atom is 0.199 e. The van der Waals surface area contributed by atoms with E-state index in [4.69, 9.17) is 4.74 Å². The maximum atomic E-state index is 5.48. The highest BCUT2D eigenvalue weighted by Gasteiger charge is 2.03. The second-order valence-electron chi connectivity index (χ2n) is 4.18. The molecule has 7 nitrogen and oxygen atoms in total. The maximum absolute atomic E-state index is 5.48. The molecule has 20 heavy (non-hydrogen) atoms. The third kappa shape index (κ3) is 2.51. The highest BCUT2D eigenvalue weighted by molar-refractivity contribution is 5.44. The van der Waals surface area contributed by atoms with Gasteiger partial charge >= 0.3 is 0 Å². The zero-order valence-electron chi connectivity index (χ0n) is 11.0. The average Bonchev–Trinajstić information content (AvgIpc) is 2.95. The second kappa shape index (κ2) is 5.52. The minimum absolute atomic E-state index is 0.609. The van der Waals surface area contributed by atoms with Crippen LogP contribution < -0.4 is 10.1 Å². The molecule has 0 atom stereocenters. The first-order valence-corrected chi connectivity index (χ1v) is 6.34. The van der Waals surface area contributed by atoms with Crippen LogP contribution in [0.5, 0.6) is 5.75 Å². The quantitative estimate of drug-likeness (QED) is 0.757. The first-order chi connectivity index (χ1) is 9.86. The molecule has 2 aromatic heterocycles. The Labute approximate surface area is 115 Å². The van der Waals surface area contributed by atoms with Crippen LogP contribution in [0.2, 0.25) is 0 Å². The van der Waals surface area contributed by atoms with Crippen LogP contribution >= 0.6 is 0 Å². The summed E-state index contributed by atoms with van der Waals surface area (Å²) < 4.78 is 7.09. The van der Waals surface area contributed by atoms with Gasteiger partial charge < -0.3 is 10.1 Å². The molecule has 0 spiro atoms. The second-order valence-corrected chi connectivity index (χ2v) is 4.18. The Balaban J connectivity index is 1.76. The summed E-state index contributed by atoms with van der Waals surface area (Å²) in [5, 5.41) is 14.6. The van der Waals surface area contributed by atoms with Crippen molar-refractivity contribution in [3.63, 3.8) is 0 Å². The minimum Gasteiger partial charge on any atom is -0.494 e. The molecule has 1 N–H and O–H groups in total. The Morgan fingerprint density at radius 2 is 2.25 bits per heavy atom. The Hall–Kier alpha value is -2.70. The van der Waals surface area contributed by atoms with Crippen molar-refractivity contribution < 1.29 is 4.74 Å². The third-order valence-electron chi connectivity index (χ3n) is 2.79. The summed E-state index contributed by atoms with van der Waals surface area (Å²) in [4.78, 5) is 4.09. The molecule has 0 aliphatic heterocycles. The number of aromatic nitrogens is 5.